The minimum Gasteiger partial charge on any atom is -0.389 e. The Labute approximate surface area is 88.1 Å². The highest BCUT2D eigenvalue weighted by Crippen LogP contribution is 2.29. The first-order valence-electron chi connectivity index (χ1n) is 5.79. The molecule has 0 radical (unpaired) electrons. The summed E-state index contributed by atoms with van der Waals surface area (Å²) in [6.07, 6.45) is 4.30. The van der Waals surface area contributed by atoms with Crippen molar-refractivity contribution in [3.63, 3.8) is 0 Å². The van der Waals surface area contributed by atoms with Gasteiger partial charge in [-0.15, -0.1) is 0 Å². The average Bonchev–Trinajstić information content (AvgIpc) is 2.47. The Balaban J connectivity index is 2.33. The molecule has 1 atom stereocenters. The van der Waals surface area contributed by atoms with Crippen molar-refractivity contribution in [1.82, 2.24) is 5.32 Å². The number of hydrogen-bond acceptors (Lipinski definition) is 2. The lowest BCUT2D eigenvalue weighted by atomic mass is 9.87. The molecule has 1 fully saturated rings. The molecule has 0 aliphatic heterocycles. The van der Waals surface area contributed by atoms with Gasteiger partial charge in [0.15, 0.2) is 0 Å². The van der Waals surface area contributed by atoms with E-state index in [9.17, 15) is 5.11 Å². The number of nitrogens with one attached hydrogen (secondary N) is 1. The summed E-state index contributed by atoms with van der Waals surface area (Å²) in [6, 6.07) is 0.451. The van der Waals surface area contributed by atoms with Crippen LogP contribution in [0.5, 0.6) is 0 Å². The van der Waals surface area contributed by atoms with Crippen LogP contribution in [-0.2, 0) is 0 Å². The van der Waals surface area contributed by atoms with Gasteiger partial charge in [-0.2, -0.15) is 0 Å². The van der Waals surface area contributed by atoms with Gasteiger partial charge in [-0.25, -0.2) is 0 Å². The fraction of sp³-hybridized carbons (Fsp3) is 1.00. The quantitative estimate of drug-likeness (QED) is 0.731. The fourth-order valence-corrected chi connectivity index (χ4v) is 1.86. The predicted molar refractivity (Wildman–Crippen MR) is 60.3 cm³/mol. The summed E-state index contributed by atoms with van der Waals surface area (Å²) < 4.78 is 0. The van der Waals surface area contributed by atoms with Crippen molar-refractivity contribution in [2.24, 2.45) is 5.41 Å². The van der Waals surface area contributed by atoms with Gasteiger partial charge >= 0.3 is 0 Å². The van der Waals surface area contributed by atoms with Crippen molar-refractivity contribution in [3.8, 4) is 0 Å². The van der Waals surface area contributed by atoms with E-state index in [1.54, 1.807) is 0 Å². The Kier molecular flexibility index (Phi) is 3.59. The molecule has 0 spiro atoms. The molecule has 2 heteroatoms. The smallest absolute Gasteiger partial charge is 0.0771 e. The van der Waals surface area contributed by atoms with E-state index in [0.717, 1.165) is 19.4 Å². The van der Waals surface area contributed by atoms with Gasteiger partial charge in [0.05, 0.1) is 5.60 Å². The second kappa shape index (κ2) is 4.19. The zero-order chi connectivity index (χ0) is 10.8. The van der Waals surface area contributed by atoms with Crippen LogP contribution in [0.1, 0.15) is 53.4 Å². The van der Waals surface area contributed by atoms with Crippen molar-refractivity contribution in [1.29, 1.82) is 0 Å². The summed E-state index contributed by atoms with van der Waals surface area (Å²) in [5.41, 5.74) is -0.144. The van der Waals surface area contributed by atoms with Crippen LogP contribution in [0.4, 0.5) is 0 Å². The summed E-state index contributed by atoms with van der Waals surface area (Å²) in [7, 11) is 0. The first kappa shape index (κ1) is 12.0. The molecule has 1 unspecified atom stereocenters. The van der Waals surface area contributed by atoms with Gasteiger partial charge in [-0.1, -0.05) is 33.6 Å². The zero-order valence-electron chi connectivity index (χ0n) is 10.1. The van der Waals surface area contributed by atoms with Gasteiger partial charge < -0.3 is 10.4 Å². The molecule has 0 aromatic heterocycles. The largest absolute Gasteiger partial charge is 0.389 e. The van der Waals surface area contributed by atoms with E-state index in [0.29, 0.717) is 6.04 Å². The number of aliphatic hydroxyl groups is 1. The lowest BCUT2D eigenvalue weighted by molar-refractivity contribution is 0.0410. The summed E-state index contributed by atoms with van der Waals surface area (Å²) in [5, 5.41) is 13.6. The average molecular weight is 199 g/mol. The van der Waals surface area contributed by atoms with Crippen LogP contribution in [0.15, 0.2) is 0 Å². The molecular weight excluding hydrogens is 174 g/mol. The first-order valence-corrected chi connectivity index (χ1v) is 5.79. The molecule has 1 aliphatic rings. The maximum absolute atomic E-state index is 10.1. The van der Waals surface area contributed by atoms with Gasteiger partial charge in [0.2, 0.25) is 0 Å². The molecular formula is C12H25NO. The van der Waals surface area contributed by atoms with E-state index in [1.807, 2.05) is 0 Å². The van der Waals surface area contributed by atoms with Crippen LogP contribution in [0.25, 0.3) is 0 Å². The minimum absolute atomic E-state index is 0.273. The third kappa shape index (κ3) is 3.25. The third-order valence-corrected chi connectivity index (χ3v) is 3.57. The normalized spacial score (nSPS) is 23.8. The van der Waals surface area contributed by atoms with Gasteiger partial charge in [0.1, 0.15) is 0 Å². The van der Waals surface area contributed by atoms with E-state index in [1.165, 1.54) is 12.8 Å². The predicted octanol–water partition coefficient (Wildman–Crippen LogP) is 2.32. The zero-order valence-corrected chi connectivity index (χ0v) is 10.1. The second-order valence-corrected chi connectivity index (χ2v) is 5.90. The second-order valence-electron chi connectivity index (χ2n) is 5.90. The van der Waals surface area contributed by atoms with E-state index in [2.05, 4.69) is 33.0 Å². The summed E-state index contributed by atoms with van der Waals surface area (Å²) in [6.45, 7) is 9.62. The van der Waals surface area contributed by atoms with Gasteiger partial charge in [-0.3, -0.25) is 0 Å². The Morgan fingerprint density at radius 3 is 2.21 bits per heavy atom. The highest BCUT2D eigenvalue weighted by Gasteiger charge is 2.32. The molecule has 14 heavy (non-hydrogen) atoms. The van der Waals surface area contributed by atoms with Crippen molar-refractivity contribution in [2.45, 2.75) is 65.0 Å². The molecule has 0 amide bonds. The molecule has 84 valence electrons. The molecule has 2 N–H and O–H groups in total. The molecule has 1 aliphatic carbocycles. The molecule has 1 saturated carbocycles. The van der Waals surface area contributed by atoms with Crippen LogP contribution in [0.3, 0.4) is 0 Å². The number of hydrogen-bond donors (Lipinski definition) is 2. The van der Waals surface area contributed by atoms with Crippen LogP contribution < -0.4 is 5.32 Å². The monoisotopic (exact) mass is 199 g/mol. The SMILES string of the molecule is CC(NCC1(O)CCCC1)C(C)(C)C. The lowest BCUT2D eigenvalue weighted by Crippen LogP contribution is -2.46. The summed E-state index contributed by atoms with van der Waals surface area (Å²) in [5.74, 6) is 0. The van der Waals surface area contributed by atoms with Gasteiger partial charge in [0, 0.05) is 12.6 Å². The van der Waals surface area contributed by atoms with Crippen molar-refractivity contribution >= 4 is 0 Å². The minimum atomic E-state index is -0.417. The van der Waals surface area contributed by atoms with Crippen molar-refractivity contribution in [2.75, 3.05) is 6.54 Å². The highest BCUT2D eigenvalue weighted by atomic mass is 16.3. The third-order valence-electron chi connectivity index (χ3n) is 3.57. The molecule has 0 heterocycles. The topological polar surface area (TPSA) is 32.3 Å². The Hall–Kier alpha value is -0.0800. The molecule has 0 aromatic carbocycles. The maximum Gasteiger partial charge on any atom is 0.0771 e. The highest BCUT2D eigenvalue weighted by molar-refractivity contribution is 4.88. The Bertz CT molecular complexity index is 177. The molecule has 1 rings (SSSR count). The van der Waals surface area contributed by atoms with E-state index >= 15 is 0 Å². The van der Waals surface area contributed by atoms with Crippen molar-refractivity contribution < 1.29 is 5.11 Å². The van der Waals surface area contributed by atoms with E-state index < -0.39 is 5.60 Å². The van der Waals surface area contributed by atoms with Gasteiger partial charge in [-0.05, 0) is 25.2 Å². The molecule has 0 saturated heterocycles. The molecule has 0 bridgehead atoms. The van der Waals surface area contributed by atoms with Crippen LogP contribution in [0.2, 0.25) is 0 Å². The Morgan fingerprint density at radius 2 is 1.79 bits per heavy atom. The van der Waals surface area contributed by atoms with Gasteiger partial charge in [0.25, 0.3) is 0 Å². The van der Waals surface area contributed by atoms with Crippen LogP contribution >= 0.6 is 0 Å². The van der Waals surface area contributed by atoms with Crippen LogP contribution in [-0.4, -0.2) is 23.3 Å². The molecule has 0 aromatic rings. The van der Waals surface area contributed by atoms with E-state index in [-0.39, 0.29) is 5.41 Å². The summed E-state index contributed by atoms with van der Waals surface area (Å²) >= 11 is 0. The van der Waals surface area contributed by atoms with Crippen LogP contribution in [0, 0.1) is 5.41 Å². The first-order chi connectivity index (χ1) is 6.33. The van der Waals surface area contributed by atoms with Crippen molar-refractivity contribution in [3.05, 3.63) is 0 Å². The summed E-state index contributed by atoms with van der Waals surface area (Å²) in [4.78, 5) is 0. The maximum atomic E-state index is 10.1. The fourth-order valence-electron chi connectivity index (χ4n) is 1.86. The standard InChI is InChI=1S/C12H25NO/c1-10(11(2,3)4)13-9-12(14)7-5-6-8-12/h10,13-14H,5-9H2,1-4H3. The van der Waals surface area contributed by atoms with E-state index in [4.69, 9.17) is 0 Å². The Morgan fingerprint density at radius 1 is 1.29 bits per heavy atom. The lowest BCUT2D eigenvalue weighted by Gasteiger charge is -2.32. The number of rotatable bonds is 3. The molecule has 2 nitrogen and oxygen atoms in total.